The van der Waals surface area contributed by atoms with E-state index in [-0.39, 0.29) is 11.0 Å². The van der Waals surface area contributed by atoms with Gasteiger partial charge in [-0.25, -0.2) is 9.97 Å². The van der Waals surface area contributed by atoms with Crippen LogP contribution in [0.4, 0.5) is 0 Å². The molecule has 1 aliphatic heterocycles. The number of rotatable bonds is 0. The number of hydrogen-bond donors (Lipinski definition) is 0. The lowest BCUT2D eigenvalue weighted by atomic mass is 9.94. The minimum atomic E-state index is 0.0379. The lowest BCUT2D eigenvalue weighted by molar-refractivity contribution is 0.119. The standard InChI is InChI=1S/C15H25N3/c1-14(2,3)13-16-9-11-10-18(15(4,5)6)8-7-12(11)17-13/h9H,7-8,10H2,1-6H3. The molecule has 0 radical (unpaired) electrons. The third kappa shape index (κ3) is 2.72. The molecule has 2 rings (SSSR count). The average molecular weight is 247 g/mol. The van der Waals surface area contributed by atoms with Crippen molar-refractivity contribution < 1.29 is 0 Å². The Morgan fingerprint density at radius 2 is 1.78 bits per heavy atom. The molecule has 0 saturated heterocycles. The molecule has 100 valence electrons. The smallest absolute Gasteiger partial charge is 0.133 e. The first-order valence-electron chi connectivity index (χ1n) is 6.78. The molecule has 0 aromatic carbocycles. The maximum atomic E-state index is 4.76. The fourth-order valence-electron chi connectivity index (χ4n) is 2.25. The summed E-state index contributed by atoms with van der Waals surface area (Å²) in [6.07, 6.45) is 3.07. The molecule has 0 aliphatic carbocycles. The van der Waals surface area contributed by atoms with Gasteiger partial charge in [0.1, 0.15) is 5.82 Å². The summed E-state index contributed by atoms with van der Waals surface area (Å²) in [6.45, 7) is 15.4. The summed E-state index contributed by atoms with van der Waals surface area (Å²) in [4.78, 5) is 11.8. The van der Waals surface area contributed by atoms with Gasteiger partial charge in [-0.2, -0.15) is 0 Å². The van der Waals surface area contributed by atoms with E-state index in [4.69, 9.17) is 4.98 Å². The zero-order valence-electron chi connectivity index (χ0n) is 12.5. The highest BCUT2D eigenvalue weighted by Gasteiger charge is 2.27. The Balaban J connectivity index is 2.27. The van der Waals surface area contributed by atoms with E-state index >= 15 is 0 Å². The summed E-state index contributed by atoms with van der Waals surface area (Å²) in [7, 11) is 0. The maximum Gasteiger partial charge on any atom is 0.133 e. The Bertz CT molecular complexity index is 438. The van der Waals surface area contributed by atoms with Crippen LogP contribution in [0.15, 0.2) is 6.20 Å². The first-order valence-corrected chi connectivity index (χ1v) is 6.78. The number of nitrogens with zero attached hydrogens (tertiary/aromatic N) is 3. The Morgan fingerprint density at radius 3 is 2.33 bits per heavy atom. The van der Waals surface area contributed by atoms with Gasteiger partial charge in [-0.05, 0) is 20.8 Å². The third-order valence-corrected chi connectivity index (χ3v) is 3.55. The van der Waals surface area contributed by atoms with E-state index < -0.39 is 0 Å². The minimum Gasteiger partial charge on any atom is -0.294 e. The molecular formula is C15H25N3. The lowest BCUT2D eigenvalue weighted by Crippen LogP contribution is -2.44. The Morgan fingerprint density at radius 1 is 1.11 bits per heavy atom. The second kappa shape index (κ2) is 4.30. The SMILES string of the molecule is CC(C)(C)c1ncc2c(n1)CCN(C(C)(C)C)C2. The van der Waals surface area contributed by atoms with Gasteiger partial charge in [0.2, 0.25) is 0 Å². The summed E-state index contributed by atoms with van der Waals surface area (Å²) < 4.78 is 0. The molecule has 1 aliphatic rings. The summed E-state index contributed by atoms with van der Waals surface area (Å²) in [5.41, 5.74) is 2.80. The van der Waals surface area contributed by atoms with Crippen molar-refractivity contribution >= 4 is 0 Å². The number of aromatic nitrogens is 2. The second-order valence-electron chi connectivity index (χ2n) is 7.26. The van der Waals surface area contributed by atoms with E-state index in [1.807, 2.05) is 6.20 Å². The maximum absolute atomic E-state index is 4.76. The molecule has 2 heterocycles. The molecular weight excluding hydrogens is 222 g/mol. The van der Waals surface area contributed by atoms with E-state index in [2.05, 4.69) is 51.4 Å². The van der Waals surface area contributed by atoms with Crippen LogP contribution in [-0.2, 0) is 18.4 Å². The number of hydrogen-bond acceptors (Lipinski definition) is 3. The quantitative estimate of drug-likeness (QED) is 0.706. The Labute approximate surface area is 111 Å². The van der Waals surface area contributed by atoms with Gasteiger partial charge in [-0.15, -0.1) is 0 Å². The molecule has 0 saturated carbocycles. The van der Waals surface area contributed by atoms with Crippen LogP contribution in [0.5, 0.6) is 0 Å². The highest BCUT2D eigenvalue weighted by atomic mass is 15.2. The van der Waals surface area contributed by atoms with Crippen molar-refractivity contribution in [3.8, 4) is 0 Å². The van der Waals surface area contributed by atoms with Crippen LogP contribution in [0.3, 0.4) is 0 Å². The molecule has 0 spiro atoms. The highest BCUT2D eigenvalue weighted by Crippen LogP contribution is 2.25. The van der Waals surface area contributed by atoms with Gasteiger partial charge in [0.25, 0.3) is 0 Å². The van der Waals surface area contributed by atoms with Gasteiger partial charge >= 0.3 is 0 Å². The largest absolute Gasteiger partial charge is 0.294 e. The molecule has 1 aromatic rings. The fraction of sp³-hybridized carbons (Fsp3) is 0.733. The van der Waals surface area contributed by atoms with E-state index in [1.165, 1.54) is 11.3 Å². The predicted molar refractivity (Wildman–Crippen MR) is 74.6 cm³/mol. The molecule has 0 fully saturated rings. The zero-order chi connectivity index (χ0) is 13.6. The van der Waals surface area contributed by atoms with Crippen LogP contribution in [0.25, 0.3) is 0 Å². The van der Waals surface area contributed by atoms with Gasteiger partial charge in [0.05, 0.1) is 0 Å². The topological polar surface area (TPSA) is 29.0 Å². The van der Waals surface area contributed by atoms with Crippen LogP contribution in [0.2, 0.25) is 0 Å². The Kier molecular flexibility index (Phi) is 3.22. The van der Waals surface area contributed by atoms with Crippen molar-refractivity contribution in [1.29, 1.82) is 0 Å². The molecule has 3 nitrogen and oxygen atoms in total. The van der Waals surface area contributed by atoms with Crippen LogP contribution >= 0.6 is 0 Å². The van der Waals surface area contributed by atoms with Crippen molar-refractivity contribution in [1.82, 2.24) is 14.9 Å². The molecule has 0 N–H and O–H groups in total. The van der Waals surface area contributed by atoms with Crippen molar-refractivity contribution in [2.24, 2.45) is 0 Å². The highest BCUT2D eigenvalue weighted by molar-refractivity contribution is 5.22. The number of fused-ring (bicyclic) bond motifs is 1. The second-order valence-corrected chi connectivity index (χ2v) is 7.26. The zero-order valence-corrected chi connectivity index (χ0v) is 12.5. The van der Waals surface area contributed by atoms with Crippen molar-refractivity contribution in [3.63, 3.8) is 0 Å². The monoisotopic (exact) mass is 247 g/mol. The average Bonchev–Trinajstić information content (AvgIpc) is 2.25. The van der Waals surface area contributed by atoms with Crippen molar-refractivity contribution in [2.45, 2.75) is 65.5 Å². The van der Waals surface area contributed by atoms with Crippen LogP contribution in [0, 0.1) is 0 Å². The fourth-order valence-corrected chi connectivity index (χ4v) is 2.25. The lowest BCUT2D eigenvalue weighted by Gasteiger charge is -2.38. The molecule has 0 atom stereocenters. The molecule has 0 bridgehead atoms. The van der Waals surface area contributed by atoms with E-state index in [0.717, 1.165) is 25.3 Å². The van der Waals surface area contributed by atoms with Crippen LogP contribution < -0.4 is 0 Å². The van der Waals surface area contributed by atoms with Gasteiger partial charge in [-0.3, -0.25) is 4.90 Å². The molecule has 3 heteroatoms. The van der Waals surface area contributed by atoms with E-state index in [1.54, 1.807) is 0 Å². The Hall–Kier alpha value is -0.960. The molecule has 1 aromatic heterocycles. The molecule has 0 unspecified atom stereocenters. The van der Waals surface area contributed by atoms with Crippen LogP contribution in [-0.4, -0.2) is 27.0 Å². The predicted octanol–water partition coefficient (Wildman–Crippen LogP) is 2.93. The van der Waals surface area contributed by atoms with Gasteiger partial charge in [0.15, 0.2) is 0 Å². The van der Waals surface area contributed by atoms with Crippen molar-refractivity contribution in [3.05, 3.63) is 23.3 Å². The summed E-state index contributed by atoms with van der Waals surface area (Å²) in [5, 5.41) is 0. The van der Waals surface area contributed by atoms with Crippen molar-refractivity contribution in [2.75, 3.05) is 6.54 Å². The van der Waals surface area contributed by atoms with Gasteiger partial charge < -0.3 is 0 Å². The summed E-state index contributed by atoms with van der Waals surface area (Å²) in [6, 6.07) is 0. The first kappa shape index (κ1) is 13.5. The molecule has 18 heavy (non-hydrogen) atoms. The molecule has 0 amide bonds. The summed E-state index contributed by atoms with van der Waals surface area (Å²) >= 11 is 0. The summed E-state index contributed by atoms with van der Waals surface area (Å²) in [5.74, 6) is 0.963. The van der Waals surface area contributed by atoms with E-state index in [0.29, 0.717) is 0 Å². The van der Waals surface area contributed by atoms with E-state index in [9.17, 15) is 0 Å². The minimum absolute atomic E-state index is 0.0379. The first-order chi connectivity index (χ1) is 8.18. The van der Waals surface area contributed by atoms with Gasteiger partial charge in [0, 0.05) is 47.9 Å². The van der Waals surface area contributed by atoms with Gasteiger partial charge in [-0.1, -0.05) is 20.8 Å². The third-order valence-electron chi connectivity index (χ3n) is 3.55. The van der Waals surface area contributed by atoms with Crippen LogP contribution in [0.1, 0.15) is 58.6 Å². The normalized spacial score (nSPS) is 17.7.